The Kier molecular flexibility index (Phi) is 19.8. The minimum Gasteiger partial charge on any atom is -0.478 e. The molecule has 25 heteroatoms. The lowest BCUT2D eigenvalue weighted by Crippen LogP contribution is -2.23. The highest BCUT2D eigenvalue weighted by molar-refractivity contribution is 6.31. The summed E-state index contributed by atoms with van der Waals surface area (Å²) in [6.07, 6.45) is 11.4. The molecule has 2 amide bonds. The number of anilines is 3. The molecule has 9 heterocycles. The van der Waals surface area contributed by atoms with Crippen LogP contribution < -0.4 is 33.6 Å². The Hall–Kier alpha value is -12.0. The van der Waals surface area contributed by atoms with Gasteiger partial charge in [-0.05, 0) is 161 Å². The molecule has 0 bridgehead atoms. The highest BCUT2D eigenvalue weighted by Crippen LogP contribution is 2.27. The van der Waals surface area contributed by atoms with Crippen molar-refractivity contribution in [3.8, 4) is 0 Å². The number of rotatable bonds is 14. The number of fused-ring (bicyclic) bond motifs is 6. The number of benzene rings is 6. The summed E-state index contributed by atoms with van der Waals surface area (Å²) in [4.78, 5) is 62.2. The van der Waals surface area contributed by atoms with Crippen LogP contribution in [0.3, 0.4) is 0 Å². The summed E-state index contributed by atoms with van der Waals surface area (Å²) in [5, 5.41) is 33.0. The van der Waals surface area contributed by atoms with Gasteiger partial charge in [-0.15, -0.1) is 0 Å². The van der Waals surface area contributed by atoms with E-state index < -0.39 is 5.97 Å². The lowest BCUT2D eigenvalue weighted by molar-refractivity contribution is 0.0696. The maximum Gasteiger partial charge on any atom is 0.335 e. The molecule has 15 rings (SSSR count). The summed E-state index contributed by atoms with van der Waals surface area (Å²) in [6, 6.07) is 50.2. The normalized spacial score (nSPS) is 11.0. The maximum absolute atomic E-state index is 12.7. The quantitative estimate of drug-likeness (QED) is 0.0532. The zero-order valence-electron chi connectivity index (χ0n) is 51.2. The lowest BCUT2D eigenvalue weighted by Gasteiger charge is -2.08. The van der Waals surface area contributed by atoms with Gasteiger partial charge in [0.05, 0.1) is 53.3 Å². The van der Waals surface area contributed by atoms with Crippen LogP contribution in [0.4, 0.5) is 17.5 Å². The van der Waals surface area contributed by atoms with Gasteiger partial charge in [0, 0.05) is 120 Å². The van der Waals surface area contributed by atoms with Gasteiger partial charge in [0.15, 0.2) is 34.2 Å². The Bertz CT molecular complexity index is 5210. The monoisotopic (exact) mass is 1350 g/mol. The number of amides is 2. The number of nitrogen functional groups attached to an aromatic ring is 3. The molecule has 0 fully saturated rings. The van der Waals surface area contributed by atoms with Crippen molar-refractivity contribution in [2.75, 3.05) is 17.2 Å². The van der Waals surface area contributed by atoms with Crippen LogP contribution in [0.25, 0.3) is 65.6 Å². The third kappa shape index (κ3) is 16.3. The Balaban J connectivity index is 0.000000130. The first-order valence-corrected chi connectivity index (χ1v) is 31.0. The summed E-state index contributed by atoms with van der Waals surface area (Å²) in [7, 11) is 0. The number of carbonyl (C=O) groups is 3. The lowest BCUT2D eigenvalue weighted by atomic mass is 10.0. The summed E-state index contributed by atoms with van der Waals surface area (Å²) < 4.78 is 15.3. The van der Waals surface area contributed by atoms with Crippen molar-refractivity contribution in [3.63, 3.8) is 0 Å². The van der Waals surface area contributed by atoms with E-state index in [1.807, 2.05) is 127 Å². The zero-order chi connectivity index (χ0) is 67.5. The first-order chi connectivity index (χ1) is 47.0. The second-order valence-corrected chi connectivity index (χ2v) is 23.6. The molecule has 0 spiro atoms. The first-order valence-electron chi connectivity index (χ1n) is 29.9. The molecule has 482 valence electrons. The molecular formula is C72H56Cl3N15O7. The minimum atomic E-state index is -0.951. The summed E-state index contributed by atoms with van der Waals surface area (Å²) in [6.45, 7) is 1.21. The number of nitrogens with two attached hydrogens (primary N) is 4. The highest BCUT2D eigenvalue weighted by atomic mass is 35.5. The predicted octanol–water partition coefficient (Wildman–Crippen LogP) is 13.5. The van der Waals surface area contributed by atoms with E-state index in [0.29, 0.717) is 105 Å². The fraction of sp³-hybridized carbons (Fsp3) is 0.0833. The minimum absolute atomic E-state index is 0.180. The maximum atomic E-state index is 12.7. The first kappa shape index (κ1) is 65.1. The molecule has 0 radical (unpaired) electrons. The number of hydrogen-bond donors (Lipinski definition) is 7. The van der Waals surface area contributed by atoms with Crippen molar-refractivity contribution in [2.45, 2.75) is 38.9 Å². The molecule has 0 unspecified atom stereocenters. The molecule has 0 aliphatic rings. The van der Waals surface area contributed by atoms with Crippen LogP contribution in [0.15, 0.2) is 215 Å². The number of carbonyl (C=O) groups excluding carboxylic acids is 2. The van der Waals surface area contributed by atoms with E-state index in [1.165, 1.54) is 12.3 Å². The van der Waals surface area contributed by atoms with Crippen molar-refractivity contribution in [1.82, 2.24) is 56.0 Å². The van der Waals surface area contributed by atoms with Crippen LogP contribution in [0.5, 0.6) is 0 Å². The number of carboxylic acid groups (broad SMARTS) is 1. The van der Waals surface area contributed by atoms with Crippen LogP contribution in [-0.4, -0.2) is 68.3 Å². The van der Waals surface area contributed by atoms with Gasteiger partial charge < -0.3 is 52.2 Å². The van der Waals surface area contributed by atoms with Crippen LogP contribution in [-0.2, 0) is 38.9 Å². The van der Waals surface area contributed by atoms with Gasteiger partial charge in [0.25, 0.3) is 11.8 Å². The third-order valence-corrected chi connectivity index (χ3v) is 16.0. The summed E-state index contributed by atoms with van der Waals surface area (Å²) >= 11 is 18.1. The van der Waals surface area contributed by atoms with Crippen molar-refractivity contribution in [3.05, 3.63) is 283 Å². The molecule has 0 saturated heterocycles. The van der Waals surface area contributed by atoms with E-state index in [4.69, 9.17) is 76.4 Å². The Morgan fingerprint density at radius 2 is 0.763 bits per heavy atom. The van der Waals surface area contributed by atoms with Crippen LogP contribution >= 0.6 is 34.8 Å². The molecule has 0 atom stereocenters. The Morgan fingerprint density at radius 3 is 1.18 bits per heavy atom. The highest BCUT2D eigenvalue weighted by Gasteiger charge is 2.14. The summed E-state index contributed by atoms with van der Waals surface area (Å²) in [5.41, 5.74) is 36.6. The number of nitrogens with zero attached hydrogens (tertiary/aromatic N) is 9. The number of hydrogen-bond acceptors (Lipinski definition) is 19. The molecule has 22 nitrogen and oxygen atoms in total. The fourth-order valence-electron chi connectivity index (χ4n) is 10.5. The van der Waals surface area contributed by atoms with Gasteiger partial charge in [-0.3, -0.25) is 39.5 Å². The van der Waals surface area contributed by atoms with Gasteiger partial charge >= 0.3 is 5.97 Å². The van der Waals surface area contributed by atoms with Crippen molar-refractivity contribution >= 4 is 136 Å². The van der Waals surface area contributed by atoms with Crippen LogP contribution in [0.1, 0.15) is 81.5 Å². The Labute approximate surface area is 566 Å². The zero-order valence-corrected chi connectivity index (χ0v) is 53.4. The second-order valence-electron chi connectivity index (χ2n) is 22.2. The van der Waals surface area contributed by atoms with Crippen LogP contribution in [0, 0.1) is 0 Å². The van der Waals surface area contributed by atoms with E-state index in [0.717, 1.165) is 93.6 Å². The fourth-order valence-corrected chi connectivity index (χ4v) is 11.0. The largest absolute Gasteiger partial charge is 0.478 e. The number of pyridine rings is 6. The molecule has 0 aliphatic heterocycles. The number of halogens is 3. The van der Waals surface area contributed by atoms with Crippen molar-refractivity contribution < 1.29 is 33.1 Å². The number of nitrogens with one attached hydrogen (secondary N) is 2. The van der Waals surface area contributed by atoms with Crippen LogP contribution in [0.2, 0.25) is 15.1 Å². The van der Waals surface area contributed by atoms with Gasteiger partial charge in [-0.25, -0.2) is 4.79 Å². The average molecular weight is 1350 g/mol. The SMILES string of the molecule is NCc1ccc2onc(N)c2c1.Nc1noc2cc(CNC(=O)c3ccnc(Cc4ccc5ncc(Cl)cc5c4)c3)ccc12.Nc1noc2cc(CNC(=O)c3ccnc(Cc4ccc5ncc(Cl)cc5c4)c3)ccc12.O=C(O)c1ccnc(Cc2ccc3ncc(Cl)cc3c2)c1. The van der Waals surface area contributed by atoms with Gasteiger partial charge in [0.1, 0.15) is 0 Å². The molecule has 6 aromatic carbocycles. The average Bonchev–Trinajstić information content (AvgIpc) is 1.82. The molecule has 0 aliphatic carbocycles. The smallest absolute Gasteiger partial charge is 0.335 e. The van der Waals surface area contributed by atoms with E-state index in [1.54, 1.807) is 61.3 Å². The van der Waals surface area contributed by atoms with Gasteiger partial charge in [-0.1, -0.05) is 86.7 Å². The Morgan fingerprint density at radius 1 is 0.392 bits per heavy atom. The van der Waals surface area contributed by atoms with Gasteiger partial charge in [0.2, 0.25) is 0 Å². The predicted molar refractivity (Wildman–Crippen MR) is 374 cm³/mol. The third-order valence-electron chi connectivity index (χ3n) is 15.3. The van der Waals surface area contributed by atoms with E-state index in [2.05, 4.69) is 56.0 Å². The van der Waals surface area contributed by atoms with Crippen molar-refractivity contribution in [2.24, 2.45) is 5.73 Å². The standard InChI is InChI=1S/2C24H18ClN5O2.C16H11ClN2O2.C8H9N3O/c2*25-18-10-17-7-14(2-4-21(17)28-13-18)8-19-11-16(5-6-27-19)24(31)29-12-15-1-3-20-22(9-15)32-30-23(20)26;17-13-7-12-5-10(1-2-15(12)19-9-13)6-14-8-11(16(20)21)3-4-18-14;9-4-5-1-2-7-6(3-5)8(10)11-12-7/h2*1-7,9-11,13H,8,12H2,(H2,26,30)(H,29,31);1-5,7-9H,6H2,(H,20,21);1-3H,4,9H2,(H2,10,11). The molecule has 15 aromatic rings. The molecule has 9 aromatic heterocycles. The van der Waals surface area contributed by atoms with Gasteiger partial charge in [-0.2, -0.15) is 0 Å². The van der Waals surface area contributed by atoms with E-state index in [9.17, 15) is 14.4 Å². The van der Waals surface area contributed by atoms with E-state index >= 15 is 0 Å². The van der Waals surface area contributed by atoms with Crippen molar-refractivity contribution in [1.29, 1.82) is 0 Å². The number of aromatic carboxylic acids is 1. The molecular weight excluding hydrogens is 1290 g/mol. The molecule has 11 N–H and O–H groups in total. The summed E-state index contributed by atoms with van der Waals surface area (Å²) in [5.74, 6) is -0.189. The van der Waals surface area contributed by atoms with E-state index in [-0.39, 0.29) is 17.4 Å². The number of aromatic nitrogens is 9. The molecule has 97 heavy (non-hydrogen) atoms. The second kappa shape index (κ2) is 29.6. The number of carboxylic acids is 1. The molecule has 0 saturated carbocycles. The topological polar surface area (TPSA) is 355 Å².